The van der Waals surface area contributed by atoms with Crippen LogP contribution in [0.2, 0.25) is 5.02 Å². The molecule has 4 aromatic rings. The van der Waals surface area contributed by atoms with Crippen LogP contribution in [0.1, 0.15) is 5.56 Å². The van der Waals surface area contributed by atoms with Crippen LogP contribution in [-0.4, -0.2) is 16.4 Å². The zero-order valence-corrected chi connectivity index (χ0v) is 15.0. The number of benzene rings is 3. The normalized spacial score (nSPS) is 11.0. The highest BCUT2D eigenvalue weighted by Crippen LogP contribution is 2.28. The molecule has 27 heavy (non-hydrogen) atoms. The highest BCUT2D eigenvalue weighted by atomic mass is 35.5. The second-order valence-corrected chi connectivity index (χ2v) is 6.14. The third kappa shape index (κ3) is 4.04. The lowest BCUT2D eigenvalue weighted by molar-refractivity contribution is 0.566. The van der Waals surface area contributed by atoms with Gasteiger partial charge in [-0.25, -0.2) is 0 Å². The second-order valence-electron chi connectivity index (χ2n) is 5.70. The molecule has 0 N–H and O–H groups in total. The molecule has 0 radical (unpaired) electrons. The molecule has 0 saturated heterocycles. The fraction of sp³-hybridized carbons (Fsp3) is 0. The molecular weight excluding hydrogens is 360 g/mol. The molecule has 1 aromatic heterocycles. The number of hydrazone groups is 1. The lowest BCUT2D eigenvalue weighted by Gasteiger charge is -2.13. The molecule has 1 heterocycles. The van der Waals surface area contributed by atoms with Crippen LogP contribution in [-0.2, 0) is 0 Å². The van der Waals surface area contributed by atoms with E-state index in [4.69, 9.17) is 16.0 Å². The van der Waals surface area contributed by atoms with Gasteiger partial charge in [0.2, 0.25) is 5.89 Å². The predicted octanol–water partition coefficient (Wildman–Crippen LogP) is 5.56. The molecule has 0 saturated carbocycles. The summed E-state index contributed by atoms with van der Waals surface area (Å²) in [5.41, 5.74) is 2.57. The van der Waals surface area contributed by atoms with Gasteiger partial charge in [-0.05, 0) is 42.0 Å². The number of hydrogen-bond donors (Lipinski definition) is 0. The molecule has 0 amide bonds. The Labute approximate surface area is 161 Å². The minimum atomic E-state index is 0.276. The number of aromatic nitrogens is 2. The van der Waals surface area contributed by atoms with Crippen molar-refractivity contribution in [2.75, 3.05) is 5.01 Å². The Hall–Kier alpha value is -3.44. The van der Waals surface area contributed by atoms with Crippen LogP contribution >= 0.6 is 11.6 Å². The van der Waals surface area contributed by atoms with Gasteiger partial charge in [-0.15, -0.1) is 5.10 Å². The second kappa shape index (κ2) is 7.85. The minimum absolute atomic E-state index is 0.276. The number of para-hydroxylation sites is 1. The van der Waals surface area contributed by atoms with Gasteiger partial charge in [-0.2, -0.15) is 10.1 Å². The van der Waals surface area contributed by atoms with Gasteiger partial charge in [0.25, 0.3) is 0 Å². The Morgan fingerprint density at radius 3 is 2.19 bits per heavy atom. The van der Waals surface area contributed by atoms with Crippen LogP contribution in [0.15, 0.2) is 94.4 Å². The Kier molecular flexibility index (Phi) is 4.94. The number of nitrogens with zero attached hydrogens (tertiary/aromatic N) is 4. The molecule has 6 heteroatoms. The molecule has 0 spiro atoms. The summed E-state index contributed by atoms with van der Waals surface area (Å²) < 4.78 is 5.86. The van der Waals surface area contributed by atoms with Crippen molar-refractivity contribution in [3.63, 3.8) is 0 Å². The third-order valence-corrected chi connectivity index (χ3v) is 4.06. The summed E-state index contributed by atoms with van der Waals surface area (Å²) in [7, 11) is 0. The molecule has 0 aliphatic heterocycles. The highest BCUT2D eigenvalue weighted by molar-refractivity contribution is 6.30. The summed E-state index contributed by atoms with van der Waals surface area (Å²) in [5, 5.41) is 15.1. The van der Waals surface area contributed by atoms with E-state index < -0.39 is 0 Å². The summed E-state index contributed by atoms with van der Waals surface area (Å²) in [5.74, 6) is 0.400. The first-order valence-corrected chi connectivity index (χ1v) is 8.71. The fourth-order valence-corrected chi connectivity index (χ4v) is 2.60. The van der Waals surface area contributed by atoms with Gasteiger partial charge in [-0.3, -0.25) is 0 Å². The molecular formula is C21H15ClN4O. The summed E-state index contributed by atoms with van der Waals surface area (Å²) in [6, 6.07) is 27.0. The molecule has 3 aromatic carbocycles. The van der Waals surface area contributed by atoms with E-state index in [2.05, 4.69) is 15.3 Å². The molecule has 0 fully saturated rings. The van der Waals surface area contributed by atoms with Crippen molar-refractivity contribution in [2.45, 2.75) is 0 Å². The minimum Gasteiger partial charge on any atom is -0.402 e. The van der Waals surface area contributed by atoms with Crippen molar-refractivity contribution >= 4 is 29.5 Å². The van der Waals surface area contributed by atoms with Gasteiger partial charge in [0.15, 0.2) is 0 Å². The van der Waals surface area contributed by atoms with Gasteiger partial charge in [0.05, 0.1) is 11.9 Å². The van der Waals surface area contributed by atoms with E-state index in [0.29, 0.717) is 10.9 Å². The van der Waals surface area contributed by atoms with E-state index in [1.807, 2.05) is 72.8 Å². The van der Waals surface area contributed by atoms with Gasteiger partial charge in [0, 0.05) is 10.6 Å². The van der Waals surface area contributed by atoms with Crippen molar-refractivity contribution in [1.82, 2.24) is 10.2 Å². The topological polar surface area (TPSA) is 54.5 Å². The van der Waals surface area contributed by atoms with Crippen molar-refractivity contribution in [2.24, 2.45) is 5.10 Å². The van der Waals surface area contributed by atoms with E-state index in [1.165, 1.54) is 0 Å². The molecule has 0 aliphatic rings. The monoisotopic (exact) mass is 374 g/mol. The Morgan fingerprint density at radius 2 is 1.48 bits per heavy atom. The smallest absolute Gasteiger partial charge is 0.344 e. The lowest BCUT2D eigenvalue weighted by Crippen LogP contribution is -2.09. The molecule has 0 unspecified atom stereocenters. The van der Waals surface area contributed by atoms with Crippen LogP contribution in [0.4, 0.5) is 11.7 Å². The predicted molar refractivity (Wildman–Crippen MR) is 107 cm³/mol. The number of anilines is 2. The molecule has 0 bridgehead atoms. The summed E-state index contributed by atoms with van der Waals surface area (Å²) >= 11 is 5.94. The summed E-state index contributed by atoms with van der Waals surface area (Å²) in [6.07, 6.45) is 1.75. The van der Waals surface area contributed by atoms with Crippen molar-refractivity contribution in [3.05, 3.63) is 95.5 Å². The van der Waals surface area contributed by atoms with Gasteiger partial charge in [0.1, 0.15) is 0 Å². The van der Waals surface area contributed by atoms with Crippen LogP contribution in [0.5, 0.6) is 0 Å². The van der Waals surface area contributed by atoms with E-state index in [-0.39, 0.29) is 6.01 Å². The quantitative estimate of drug-likeness (QED) is 0.339. The highest BCUT2D eigenvalue weighted by Gasteiger charge is 2.16. The largest absolute Gasteiger partial charge is 0.402 e. The van der Waals surface area contributed by atoms with Gasteiger partial charge >= 0.3 is 6.01 Å². The van der Waals surface area contributed by atoms with E-state index in [1.54, 1.807) is 23.4 Å². The number of rotatable bonds is 5. The maximum absolute atomic E-state index is 5.94. The zero-order chi connectivity index (χ0) is 18.5. The van der Waals surface area contributed by atoms with Crippen molar-refractivity contribution < 1.29 is 4.42 Å². The summed E-state index contributed by atoms with van der Waals surface area (Å²) in [6.45, 7) is 0. The van der Waals surface area contributed by atoms with E-state index >= 15 is 0 Å². The first-order valence-electron chi connectivity index (χ1n) is 8.33. The SMILES string of the molecule is Clc1ccc(-c2nnc(N(/N=C\c3ccccc3)c3ccccc3)o2)cc1. The number of hydrogen-bond acceptors (Lipinski definition) is 5. The average Bonchev–Trinajstić information content (AvgIpc) is 3.20. The Balaban J connectivity index is 1.69. The van der Waals surface area contributed by atoms with Crippen molar-refractivity contribution in [1.29, 1.82) is 0 Å². The van der Waals surface area contributed by atoms with Crippen molar-refractivity contribution in [3.8, 4) is 11.5 Å². The van der Waals surface area contributed by atoms with E-state index in [0.717, 1.165) is 16.8 Å². The Morgan fingerprint density at radius 1 is 0.815 bits per heavy atom. The first-order chi connectivity index (χ1) is 13.3. The molecule has 0 atom stereocenters. The molecule has 132 valence electrons. The lowest BCUT2D eigenvalue weighted by atomic mass is 10.2. The maximum atomic E-state index is 5.94. The molecule has 0 aliphatic carbocycles. The van der Waals surface area contributed by atoms with Gasteiger partial charge < -0.3 is 4.42 Å². The third-order valence-electron chi connectivity index (χ3n) is 3.81. The Bertz CT molecular complexity index is 1030. The van der Waals surface area contributed by atoms with Crippen LogP contribution in [0.3, 0.4) is 0 Å². The zero-order valence-electron chi connectivity index (χ0n) is 14.2. The fourth-order valence-electron chi connectivity index (χ4n) is 2.47. The van der Waals surface area contributed by atoms with Crippen LogP contribution in [0, 0.1) is 0 Å². The van der Waals surface area contributed by atoms with Crippen LogP contribution < -0.4 is 5.01 Å². The maximum Gasteiger partial charge on any atom is 0.344 e. The van der Waals surface area contributed by atoms with Crippen LogP contribution in [0.25, 0.3) is 11.5 Å². The first kappa shape index (κ1) is 17.0. The standard InChI is InChI=1S/C21H15ClN4O/c22-18-13-11-17(12-14-18)20-24-25-21(27-20)26(19-9-5-2-6-10-19)23-15-16-7-3-1-4-8-16/h1-15H/b23-15-. The molecule has 4 rings (SSSR count). The number of halogens is 1. The molecule has 5 nitrogen and oxygen atoms in total. The van der Waals surface area contributed by atoms with Gasteiger partial charge in [-0.1, -0.05) is 65.2 Å². The summed E-state index contributed by atoms with van der Waals surface area (Å²) in [4.78, 5) is 0. The average molecular weight is 375 g/mol. The van der Waals surface area contributed by atoms with E-state index in [9.17, 15) is 0 Å².